The van der Waals surface area contributed by atoms with Crippen molar-refractivity contribution >= 4 is 40.1 Å². The van der Waals surface area contributed by atoms with E-state index in [1.54, 1.807) is 11.8 Å². The van der Waals surface area contributed by atoms with E-state index in [4.69, 9.17) is 4.74 Å². The van der Waals surface area contributed by atoms with Crippen LogP contribution >= 0.6 is 11.3 Å². The molecular weight excluding hydrogens is 348 g/mol. The fourth-order valence-corrected chi connectivity index (χ4v) is 3.73. The molecule has 1 aromatic heterocycles. The zero-order valence-corrected chi connectivity index (χ0v) is 14.6. The van der Waals surface area contributed by atoms with Gasteiger partial charge in [-0.1, -0.05) is 0 Å². The molecule has 9 heteroatoms. The zero-order chi connectivity index (χ0) is 18.6. The number of carboxylic acids is 1. The summed E-state index contributed by atoms with van der Waals surface area (Å²) in [5.41, 5.74) is 1.01. The predicted molar refractivity (Wildman–Crippen MR) is 87.8 cm³/mol. The number of amides is 2. The highest BCUT2D eigenvalue weighted by Gasteiger charge is 2.30. The first-order chi connectivity index (χ1) is 11.8. The monoisotopic (exact) mass is 365 g/mol. The maximum absolute atomic E-state index is 12.3. The Balaban J connectivity index is 2.35. The molecule has 0 atom stereocenters. The topological polar surface area (TPSA) is 116 Å². The smallest absolute Gasteiger partial charge is 0.341 e. The van der Waals surface area contributed by atoms with Gasteiger partial charge in [0.15, 0.2) is 0 Å². The van der Waals surface area contributed by atoms with Crippen LogP contribution in [0.2, 0.25) is 0 Å². The third kappa shape index (κ3) is 4.44. The van der Waals surface area contributed by atoms with E-state index in [0.29, 0.717) is 25.6 Å². The van der Waals surface area contributed by atoms with Crippen LogP contribution in [0, 0.1) is 0 Å². The van der Waals surface area contributed by atoms with Gasteiger partial charge in [-0.15, -0.1) is 11.3 Å². The molecule has 0 spiro atoms. The molecule has 0 saturated heterocycles. The molecule has 1 aromatic rings. The van der Waals surface area contributed by atoms with Crippen LogP contribution in [0.25, 0.3) is 0 Å². The number of thiophene rings is 1. The molecule has 2 amide bonds. The lowest BCUT2D eigenvalue weighted by molar-refractivity contribution is -0.297. The van der Waals surface area contributed by atoms with E-state index in [9.17, 15) is 24.3 Å². The normalized spacial score (nSPS) is 13.4. The standard InChI is InChI=1S/C16H18N2O6S/c1-3-24-16(23)14-10-6-7-18(9(2)19)8-11(10)25-15(14)17-12(20)4-5-13(21)22/h4-5H,3,6-8H2,1-2H3,(H,17,20)(H,21,22)/p-1. The van der Waals surface area contributed by atoms with Crippen LogP contribution in [0.4, 0.5) is 5.00 Å². The Morgan fingerprint density at radius 2 is 2.04 bits per heavy atom. The van der Waals surface area contributed by atoms with Crippen molar-refractivity contribution < 1.29 is 29.0 Å². The third-order valence-corrected chi connectivity index (χ3v) is 4.72. The number of carbonyl (C=O) groups excluding carboxylic acids is 4. The Kier molecular flexibility index (Phi) is 5.92. The summed E-state index contributed by atoms with van der Waals surface area (Å²) in [6, 6.07) is 0. The summed E-state index contributed by atoms with van der Waals surface area (Å²) in [4.78, 5) is 48.5. The van der Waals surface area contributed by atoms with Crippen molar-refractivity contribution in [3.8, 4) is 0 Å². The second kappa shape index (κ2) is 7.93. The average molecular weight is 365 g/mol. The molecule has 0 aromatic carbocycles. The summed E-state index contributed by atoms with van der Waals surface area (Å²) in [6.45, 7) is 4.16. The maximum Gasteiger partial charge on any atom is 0.341 e. The largest absolute Gasteiger partial charge is 0.545 e. The number of anilines is 1. The van der Waals surface area contributed by atoms with E-state index in [0.717, 1.165) is 16.5 Å². The van der Waals surface area contributed by atoms with Crippen molar-refractivity contribution in [1.82, 2.24) is 4.90 Å². The number of carbonyl (C=O) groups is 4. The minimum atomic E-state index is -1.50. The van der Waals surface area contributed by atoms with E-state index in [2.05, 4.69) is 5.32 Å². The van der Waals surface area contributed by atoms with E-state index in [-0.39, 0.29) is 23.1 Å². The highest BCUT2D eigenvalue weighted by Crippen LogP contribution is 2.37. The van der Waals surface area contributed by atoms with Crippen LogP contribution in [-0.2, 0) is 32.1 Å². The summed E-state index contributed by atoms with van der Waals surface area (Å²) in [5, 5.41) is 13.2. The van der Waals surface area contributed by atoms with E-state index in [1.807, 2.05) is 0 Å². The molecule has 1 aliphatic heterocycles. The Labute approximate surface area is 148 Å². The molecule has 8 nitrogen and oxygen atoms in total. The lowest BCUT2D eigenvalue weighted by Gasteiger charge is -2.25. The number of ether oxygens (including phenoxy) is 1. The molecule has 1 N–H and O–H groups in total. The van der Waals surface area contributed by atoms with E-state index >= 15 is 0 Å². The van der Waals surface area contributed by atoms with Crippen LogP contribution < -0.4 is 10.4 Å². The lowest BCUT2D eigenvalue weighted by Crippen LogP contribution is -2.34. The Morgan fingerprint density at radius 3 is 2.64 bits per heavy atom. The van der Waals surface area contributed by atoms with Gasteiger partial charge in [0.05, 0.1) is 24.7 Å². The predicted octanol–water partition coefficient (Wildman–Crippen LogP) is 0.0740. The van der Waals surface area contributed by atoms with Crippen molar-refractivity contribution in [3.05, 3.63) is 28.2 Å². The molecule has 25 heavy (non-hydrogen) atoms. The van der Waals surface area contributed by atoms with Gasteiger partial charge in [0, 0.05) is 24.4 Å². The van der Waals surface area contributed by atoms with Gasteiger partial charge in [-0.3, -0.25) is 9.59 Å². The van der Waals surface area contributed by atoms with E-state index in [1.165, 1.54) is 18.3 Å². The van der Waals surface area contributed by atoms with Crippen LogP contribution in [0.3, 0.4) is 0 Å². The number of hydrogen-bond acceptors (Lipinski definition) is 7. The second-order valence-electron chi connectivity index (χ2n) is 5.26. The number of carboxylic acid groups (broad SMARTS) is 1. The molecule has 134 valence electrons. The third-order valence-electron chi connectivity index (χ3n) is 3.59. The summed E-state index contributed by atoms with van der Waals surface area (Å²) < 4.78 is 5.06. The van der Waals surface area contributed by atoms with Crippen molar-refractivity contribution in [2.75, 3.05) is 18.5 Å². The van der Waals surface area contributed by atoms with Crippen molar-refractivity contribution in [2.45, 2.75) is 26.8 Å². The zero-order valence-electron chi connectivity index (χ0n) is 13.8. The van der Waals surface area contributed by atoms with Crippen LogP contribution in [-0.4, -0.2) is 41.8 Å². The summed E-state index contributed by atoms with van der Waals surface area (Å²) in [6.07, 6.45) is 1.89. The minimum Gasteiger partial charge on any atom is -0.545 e. The molecule has 2 rings (SSSR count). The van der Waals surface area contributed by atoms with Crippen molar-refractivity contribution in [2.24, 2.45) is 0 Å². The van der Waals surface area contributed by atoms with E-state index < -0.39 is 17.8 Å². The van der Waals surface area contributed by atoms with Crippen molar-refractivity contribution in [1.29, 1.82) is 0 Å². The first-order valence-corrected chi connectivity index (χ1v) is 8.42. The van der Waals surface area contributed by atoms with Crippen LogP contribution in [0.15, 0.2) is 12.2 Å². The summed E-state index contributed by atoms with van der Waals surface area (Å²) in [5.74, 6) is -2.82. The lowest BCUT2D eigenvalue weighted by atomic mass is 10.0. The van der Waals surface area contributed by atoms with Crippen LogP contribution in [0.5, 0.6) is 0 Å². The molecule has 0 bridgehead atoms. The molecular formula is C16H17N2O6S-. The molecule has 0 aliphatic carbocycles. The SMILES string of the molecule is CCOC(=O)c1c(NC(=O)C=CC(=O)[O-])sc2c1CCN(C(C)=O)C2. The number of nitrogens with one attached hydrogen (secondary N) is 1. The second-order valence-corrected chi connectivity index (χ2v) is 6.37. The quantitative estimate of drug-likeness (QED) is 0.583. The number of hydrogen-bond donors (Lipinski definition) is 1. The minimum absolute atomic E-state index is 0.0702. The number of esters is 1. The number of rotatable bonds is 5. The van der Waals surface area contributed by atoms with Gasteiger partial charge in [0.2, 0.25) is 11.8 Å². The Bertz CT molecular complexity index is 752. The molecule has 0 radical (unpaired) electrons. The first-order valence-electron chi connectivity index (χ1n) is 7.60. The van der Waals surface area contributed by atoms with Gasteiger partial charge >= 0.3 is 5.97 Å². The highest BCUT2D eigenvalue weighted by molar-refractivity contribution is 7.17. The molecule has 0 fully saturated rings. The number of aliphatic carboxylic acids is 1. The van der Waals surface area contributed by atoms with Gasteiger partial charge in [-0.25, -0.2) is 4.79 Å². The average Bonchev–Trinajstić information content (AvgIpc) is 2.89. The summed E-state index contributed by atoms with van der Waals surface area (Å²) >= 11 is 1.18. The fraction of sp³-hybridized carbons (Fsp3) is 0.375. The summed E-state index contributed by atoms with van der Waals surface area (Å²) in [7, 11) is 0. The molecule has 1 aliphatic rings. The Hall–Kier alpha value is -2.68. The van der Waals surface area contributed by atoms with Gasteiger partial charge in [-0.05, 0) is 25.0 Å². The first kappa shape index (κ1) is 18.7. The van der Waals surface area contributed by atoms with Gasteiger partial charge in [0.25, 0.3) is 0 Å². The highest BCUT2D eigenvalue weighted by atomic mass is 32.1. The van der Waals surface area contributed by atoms with Crippen molar-refractivity contribution in [3.63, 3.8) is 0 Å². The molecule has 0 saturated carbocycles. The fourth-order valence-electron chi connectivity index (χ4n) is 2.48. The van der Waals surface area contributed by atoms with Gasteiger partial charge in [0.1, 0.15) is 5.00 Å². The molecule has 2 heterocycles. The number of nitrogens with zero attached hydrogens (tertiary/aromatic N) is 1. The van der Waals surface area contributed by atoms with Crippen LogP contribution in [0.1, 0.15) is 34.6 Å². The Morgan fingerprint density at radius 1 is 1.32 bits per heavy atom. The number of fused-ring (bicyclic) bond motifs is 1. The maximum atomic E-state index is 12.3. The van der Waals surface area contributed by atoms with Gasteiger partial charge in [-0.2, -0.15) is 0 Å². The molecule has 0 unspecified atom stereocenters. The van der Waals surface area contributed by atoms with Gasteiger partial charge < -0.3 is 24.9 Å².